The Hall–Kier alpha value is -0.0138. The molecular weight excluding hydrogens is 192 g/mol. The van der Waals surface area contributed by atoms with Gasteiger partial charge in [-0.2, -0.15) is 0 Å². The summed E-state index contributed by atoms with van der Waals surface area (Å²) in [6.45, 7) is 13.4. The summed E-state index contributed by atoms with van der Waals surface area (Å²) in [7, 11) is 0. The molecule has 0 nitrogen and oxygen atoms in total. The lowest BCUT2D eigenvalue weighted by atomic mass is 9.81. The molecule has 0 fully saturated rings. The molecule has 0 aliphatic rings. The molecule has 0 saturated heterocycles. The van der Waals surface area contributed by atoms with Crippen molar-refractivity contribution in [3.05, 3.63) is 35.4 Å². The molecular formula is C14H23Mg. The molecule has 0 heterocycles. The minimum absolute atomic E-state index is 0. The Balaban J connectivity index is 0.00000196. The molecule has 0 N–H and O–H groups in total. The fourth-order valence-corrected chi connectivity index (χ4v) is 1.34. The molecule has 0 saturated carbocycles. The van der Waals surface area contributed by atoms with Gasteiger partial charge >= 0.3 is 23.1 Å². The second-order valence-corrected chi connectivity index (χ2v) is 5.98. The summed E-state index contributed by atoms with van der Waals surface area (Å²) in [5.41, 5.74) is 2.98. The topological polar surface area (TPSA) is 0 Å². The van der Waals surface area contributed by atoms with E-state index in [0.717, 1.165) is 0 Å². The minimum atomic E-state index is 0. The average Bonchev–Trinajstić information content (AvgIpc) is 2.01. The molecule has 1 rings (SSSR count). The lowest BCUT2D eigenvalue weighted by Crippen LogP contribution is -2.16. The summed E-state index contributed by atoms with van der Waals surface area (Å²) in [5, 5.41) is 0. The minimum Gasteiger partial charge on any atom is -0.0616 e. The average molecular weight is 216 g/mol. The monoisotopic (exact) mass is 215 g/mol. The Morgan fingerprint density at radius 3 is 1.40 bits per heavy atom. The second kappa shape index (κ2) is 4.88. The molecule has 1 radical (unpaired) electrons. The summed E-state index contributed by atoms with van der Waals surface area (Å²) in [6, 6.07) is 9.98. The zero-order chi connectivity index (χ0) is 11.0. The van der Waals surface area contributed by atoms with Crippen molar-refractivity contribution in [2.75, 3.05) is 0 Å². The van der Waals surface area contributed by atoms with Gasteiger partial charge in [-0.25, -0.2) is 0 Å². The molecule has 0 amide bonds. The van der Waals surface area contributed by atoms with Gasteiger partial charge in [-0.05, 0) is 28.0 Å². The number of hydrogen-bond acceptors (Lipinski definition) is 0. The van der Waals surface area contributed by atoms with E-state index in [4.69, 9.17) is 0 Å². The summed E-state index contributed by atoms with van der Waals surface area (Å²) in [5.74, 6) is 0. The first-order chi connectivity index (χ1) is 6.21. The molecule has 0 unspecified atom stereocenters. The van der Waals surface area contributed by atoms with Crippen LogP contribution in [0.15, 0.2) is 18.2 Å². The van der Waals surface area contributed by atoms with Crippen molar-refractivity contribution in [2.45, 2.75) is 52.4 Å². The normalized spacial score (nSPS) is 12.1. The van der Waals surface area contributed by atoms with Gasteiger partial charge in [0.05, 0.1) is 0 Å². The highest BCUT2D eigenvalue weighted by Crippen LogP contribution is 2.27. The molecule has 0 spiro atoms. The highest BCUT2D eigenvalue weighted by Gasteiger charge is 2.18. The van der Waals surface area contributed by atoms with Crippen LogP contribution in [0.1, 0.15) is 52.7 Å². The van der Waals surface area contributed by atoms with Crippen LogP contribution in [0.25, 0.3) is 0 Å². The van der Waals surface area contributed by atoms with Gasteiger partial charge in [-0.1, -0.05) is 59.7 Å². The Bertz CT molecular complexity index is 284. The first-order valence-electron chi connectivity index (χ1n) is 5.24. The summed E-state index contributed by atoms with van der Waals surface area (Å²) < 4.78 is 0. The molecule has 0 bridgehead atoms. The predicted molar refractivity (Wildman–Crippen MR) is 71.2 cm³/mol. The van der Waals surface area contributed by atoms with E-state index in [2.05, 4.69) is 65.8 Å². The molecule has 81 valence electrons. The van der Waals surface area contributed by atoms with E-state index in [1.165, 1.54) is 11.1 Å². The van der Waals surface area contributed by atoms with Crippen LogP contribution in [0, 0.1) is 6.07 Å². The van der Waals surface area contributed by atoms with Crippen molar-refractivity contribution in [1.82, 2.24) is 0 Å². The molecule has 0 aliphatic carbocycles. The van der Waals surface area contributed by atoms with Crippen molar-refractivity contribution in [3.63, 3.8) is 0 Å². The first-order valence-corrected chi connectivity index (χ1v) is 5.24. The molecule has 0 aliphatic heterocycles. The van der Waals surface area contributed by atoms with Crippen molar-refractivity contribution in [1.29, 1.82) is 0 Å². The van der Waals surface area contributed by atoms with Gasteiger partial charge in [0, 0.05) is 0 Å². The SMILES string of the molecule is CC(C)(C)c1[c]c(C(C)(C)C)ccc1.[MgH2]. The summed E-state index contributed by atoms with van der Waals surface area (Å²) in [6.07, 6.45) is 0. The van der Waals surface area contributed by atoms with E-state index in [1.807, 2.05) is 0 Å². The van der Waals surface area contributed by atoms with E-state index >= 15 is 0 Å². The highest BCUT2D eigenvalue weighted by molar-refractivity contribution is 5.75. The first kappa shape index (κ1) is 15.0. The number of rotatable bonds is 0. The lowest BCUT2D eigenvalue weighted by molar-refractivity contribution is 0.566. The van der Waals surface area contributed by atoms with Gasteiger partial charge in [0.25, 0.3) is 0 Å². The summed E-state index contributed by atoms with van der Waals surface area (Å²) >= 11 is 0. The number of hydrogen-bond donors (Lipinski definition) is 0. The molecule has 1 aromatic rings. The molecule has 1 heteroatoms. The van der Waals surface area contributed by atoms with Gasteiger partial charge < -0.3 is 0 Å². The molecule has 1 aromatic carbocycles. The lowest BCUT2D eigenvalue weighted by Gasteiger charge is -2.24. The van der Waals surface area contributed by atoms with E-state index in [1.54, 1.807) is 0 Å². The van der Waals surface area contributed by atoms with E-state index in [0.29, 0.717) is 0 Å². The van der Waals surface area contributed by atoms with Crippen LogP contribution < -0.4 is 0 Å². The van der Waals surface area contributed by atoms with Gasteiger partial charge in [0.2, 0.25) is 0 Å². The third-order valence-electron chi connectivity index (χ3n) is 2.41. The van der Waals surface area contributed by atoms with E-state index < -0.39 is 0 Å². The zero-order valence-corrected chi connectivity index (χ0v) is 10.2. The fourth-order valence-electron chi connectivity index (χ4n) is 1.34. The van der Waals surface area contributed by atoms with Crippen LogP contribution in [-0.4, -0.2) is 23.1 Å². The van der Waals surface area contributed by atoms with Gasteiger partial charge in [-0.15, -0.1) is 0 Å². The fraction of sp³-hybridized carbons (Fsp3) is 0.571. The van der Waals surface area contributed by atoms with Crippen molar-refractivity contribution in [3.8, 4) is 0 Å². The third-order valence-corrected chi connectivity index (χ3v) is 2.41. The maximum Gasteiger partial charge on any atom is 0.316 e. The van der Waals surface area contributed by atoms with Crippen molar-refractivity contribution < 1.29 is 0 Å². The van der Waals surface area contributed by atoms with Crippen LogP contribution in [0.5, 0.6) is 0 Å². The Morgan fingerprint density at radius 1 is 0.800 bits per heavy atom. The third kappa shape index (κ3) is 4.16. The molecule has 0 atom stereocenters. The zero-order valence-electron chi connectivity index (χ0n) is 10.2. The smallest absolute Gasteiger partial charge is 0.0616 e. The van der Waals surface area contributed by atoms with Crippen LogP contribution in [0.4, 0.5) is 0 Å². The number of benzene rings is 1. The highest BCUT2D eigenvalue weighted by atomic mass is 24.3. The van der Waals surface area contributed by atoms with Gasteiger partial charge in [0.15, 0.2) is 0 Å². The Kier molecular flexibility index (Phi) is 4.87. The largest absolute Gasteiger partial charge is 0.316 e. The second-order valence-electron chi connectivity index (χ2n) is 5.98. The maximum absolute atomic E-state index is 3.52. The summed E-state index contributed by atoms with van der Waals surface area (Å²) in [4.78, 5) is 0. The Morgan fingerprint density at radius 2 is 1.13 bits per heavy atom. The van der Waals surface area contributed by atoms with Crippen LogP contribution in [0.3, 0.4) is 0 Å². The van der Waals surface area contributed by atoms with E-state index in [-0.39, 0.29) is 33.9 Å². The standard InChI is InChI=1S/C14H21.Mg.2H/c1-13(2,3)11-8-7-9-12(10-11)14(4,5)6;;;/h7-9H,1-6H3;;;. The molecule has 0 aromatic heterocycles. The van der Waals surface area contributed by atoms with Gasteiger partial charge in [-0.3, -0.25) is 0 Å². The van der Waals surface area contributed by atoms with Crippen LogP contribution >= 0.6 is 0 Å². The van der Waals surface area contributed by atoms with Crippen LogP contribution in [0.2, 0.25) is 0 Å². The predicted octanol–water partition coefficient (Wildman–Crippen LogP) is 3.17. The Labute approximate surface area is 111 Å². The van der Waals surface area contributed by atoms with E-state index in [9.17, 15) is 0 Å². The van der Waals surface area contributed by atoms with Crippen molar-refractivity contribution >= 4 is 23.1 Å². The van der Waals surface area contributed by atoms with Gasteiger partial charge in [0.1, 0.15) is 0 Å². The quantitative estimate of drug-likeness (QED) is 0.584. The molecule has 15 heavy (non-hydrogen) atoms. The maximum atomic E-state index is 3.52. The van der Waals surface area contributed by atoms with Crippen molar-refractivity contribution in [2.24, 2.45) is 0 Å². The van der Waals surface area contributed by atoms with Crippen LogP contribution in [-0.2, 0) is 10.8 Å².